The van der Waals surface area contributed by atoms with E-state index in [2.05, 4.69) is 12.2 Å². The van der Waals surface area contributed by atoms with Gasteiger partial charge in [-0.2, -0.15) is 0 Å². The minimum atomic E-state index is -0.574. The van der Waals surface area contributed by atoms with E-state index in [1.54, 1.807) is 30.3 Å². The number of esters is 1. The van der Waals surface area contributed by atoms with Crippen LogP contribution in [-0.2, 0) is 22.4 Å². The summed E-state index contributed by atoms with van der Waals surface area (Å²) >= 11 is 1.38. The Bertz CT molecular complexity index is 845. The molecule has 1 atom stereocenters. The Hall–Kier alpha value is -2.67. The number of carbonyl (C=O) groups excluding carboxylic acids is 3. The van der Waals surface area contributed by atoms with Gasteiger partial charge < -0.3 is 15.8 Å². The van der Waals surface area contributed by atoms with Crippen LogP contribution in [0.2, 0.25) is 0 Å². The molecule has 26 heavy (non-hydrogen) atoms. The number of nitrogens with one attached hydrogen (secondary N) is 1. The van der Waals surface area contributed by atoms with Crippen molar-refractivity contribution in [1.82, 2.24) is 0 Å². The molecule has 1 aromatic heterocycles. The van der Waals surface area contributed by atoms with Gasteiger partial charge in [0.1, 0.15) is 5.00 Å². The number of hydrogen-bond acceptors (Lipinski definition) is 5. The predicted octanol–water partition coefficient (Wildman–Crippen LogP) is 2.77. The van der Waals surface area contributed by atoms with Crippen LogP contribution >= 0.6 is 11.3 Å². The number of benzene rings is 1. The Kier molecular flexibility index (Phi) is 5.37. The van der Waals surface area contributed by atoms with E-state index in [1.165, 1.54) is 11.3 Å². The fraction of sp³-hybridized carbons (Fsp3) is 0.316. The maximum Gasteiger partial charge on any atom is 0.338 e. The molecular weight excluding hydrogens is 352 g/mol. The van der Waals surface area contributed by atoms with Gasteiger partial charge in [-0.1, -0.05) is 25.1 Å². The highest BCUT2D eigenvalue weighted by Gasteiger charge is 2.27. The van der Waals surface area contributed by atoms with E-state index in [0.29, 0.717) is 22.0 Å². The molecule has 0 unspecified atom stereocenters. The second kappa shape index (κ2) is 7.70. The first-order valence-corrected chi connectivity index (χ1v) is 9.23. The van der Waals surface area contributed by atoms with Crippen LogP contribution in [0.1, 0.15) is 44.5 Å². The van der Waals surface area contributed by atoms with Gasteiger partial charge in [0.05, 0.1) is 11.1 Å². The Labute approximate surface area is 155 Å². The van der Waals surface area contributed by atoms with Crippen LogP contribution < -0.4 is 11.1 Å². The lowest BCUT2D eigenvalue weighted by Gasteiger charge is -2.18. The third kappa shape index (κ3) is 3.94. The monoisotopic (exact) mass is 372 g/mol. The van der Waals surface area contributed by atoms with Crippen molar-refractivity contribution < 1.29 is 19.1 Å². The second-order valence-corrected chi connectivity index (χ2v) is 7.52. The van der Waals surface area contributed by atoms with Gasteiger partial charge in [0.25, 0.3) is 11.8 Å². The summed E-state index contributed by atoms with van der Waals surface area (Å²) in [5.41, 5.74) is 7.23. The zero-order valence-electron chi connectivity index (χ0n) is 14.4. The van der Waals surface area contributed by atoms with Crippen molar-refractivity contribution in [2.45, 2.75) is 26.2 Å². The average molecular weight is 372 g/mol. The maximum atomic E-state index is 12.2. The van der Waals surface area contributed by atoms with Crippen molar-refractivity contribution in [3.8, 4) is 0 Å². The molecule has 6 nitrogen and oxygen atoms in total. The van der Waals surface area contributed by atoms with Crippen molar-refractivity contribution in [3.63, 3.8) is 0 Å². The highest BCUT2D eigenvalue weighted by Crippen LogP contribution is 2.39. The molecule has 1 aromatic carbocycles. The van der Waals surface area contributed by atoms with Crippen LogP contribution in [0.5, 0.6) is 0 Å². The van der Waals surface area contributed by atoms with E-state index >= 15 is 0 Å². The largest absolute Gasteiger partial charge is 0.452 e. The number of rotatable bonds is 5. The third-order valence-corrected chi connectivity index (χ3v) is 5.52. The molecule has 3 N–H and O–H groups in total. The summed E-state index contributed by atoms with van der Waals surface area (Å²) in [6, 6.07) is 8.44. The molecule has 0 spiro atoms. The molecular formula is C19H20N2O4S. The van der Waals surface area contributed by atoms with Crippen LogP contribution in [0.25, 0.3) is 0 Å². The van der Waals surface area contributed by atoms with Crippen LogP contribution in [-0.4, -0.2) is 24.4 Å². The van der Waals surface area contributed by atoms with E-state index in [9.17, 15) is 14.4 Å². The molecule has 0 saturated heterocycles. The van der Waals surface area contributed by atoms with Crippen molar-refractivity contribution in [3.05, 3.63) is 51.9 Å². The molecule has 0 saturated carbocycles. The summed E-state index contributed by atoms with van der Waals surface area (Å²) in [6.07, 6.45) is 2.65. The summed E-state index contributed by atoms with van der Waals surface area (Å²) in [4.78, 5) is 37.0. The lowest BCUT2D eigenvalue weighted by Crippen LogP contribution is -2.23. The molecule has 3 rings (SSSR count). The van der Waals surface area contributed by atoms with E-state index in [1.807, 2.05) is 0 Å². The van der Waals surface area contributed by atoms with Crippen molar-refractivity contribution in [2.24, 2.45) is 11.7 Å². The van der Waals surface area contributed by atoms with E-state index < -0.39 is 24.4 Å². The Morgan fingerprint density at radius 1 is 1.27 bits per heavy atom. The highest BCUT2D eigenvalue weighted by molar-refractivity contribution is 7.17. The number of ether oxygens (including phenoxy) is 1. The fourth-order valence-electron chi connectivity index (χ4n) is 3.05. The molecule has 0 bridgehead atoms. The molecule has 1 heterocycles. The van der Waals surface area contributed by atoms with Gasteiger partial charge in [0.2, 0.25) is 0 Å². The van der Waals surface area contributed by atoms with Crippen molar-refractivity contribution >= 4 is 34.1 Å². The van der Waals surface area contributed by atoms with Crippen molar-refractivity contribution in [1.29, 1.82) is 0 Å². The van der Waals surface area contributed by atoms with E-state index in [4.69, 9.17) is 10.5 Å². The van der Waals surface area contributed by atoms with Gasteiger partial charge in [-0.15, -0.1) is 11.3 Å². The lowest BCUT2D eigenvalue weighted by molar-refractivity contribution is -0.119. The number of hydrogen-bond donors (Lipinski definition) is 2. The van der Waals surface area contributed by atoms with Gasteiger partial charge >= 0.3 is 5.97 Å². The van der Waals surface area contributed by atoms with Gasteiger partial charge in [-0.25, -0.2) is 4.79 Å². The Balaban J connectivity index is 1.68. The number of carbonyl (C=O) groups is 3. The topological polar surface area (TPSA) is 98.5 Å². The summed E-state index contributed by atoms with van der Waals surface area (Å²) < 4.78 is 5.02. The number of fused-ring (bicyclic) bond motifs is 1. The smallest absolute Gasteiger partial charge is 0.338 e. The number of thiophene rings is 1. The Morgan fingerprint density at radius 3 is 2.69 bits per heavy atom. The molecule has 7 heteroatoms. The predicted molar refractivity (Wildman–Crippen MR) is 99.4 cm³/mol. The van der Waals surface area contributed by atoms with Gasteiger partial charge in [0.15, 0.2) is 6.61 Å². The molecule has 0 radical (unpaired) electrons. The van der Waals surface area contributed by atoms with Gasteiger partial charge in [0, 0.05) is 4.88 Å². The van der Waals surface area contributed by atoms with Crippen LogP contribution in [0, 0.1) is 5.92 Å². The zero-order chi connectivity index (χ0) is 18.7. The van der Waals surface area contributed by atoms with Gasteiger partial charge in [-0.05, 0) is 42.9 Å². The maximum absolute atomic E-state index is 12.2. The van der Waals surface area contributed by atoms with Gasteiger partial charge in [-0.3, -0.25) is 9.59 Å². The van der Waals surface area contributed by atoms with E-state index in [-0.39, 0.29) is 0 Å². The second-order valence-electron chi connectivity index (χ2n) is 6.41. The molecule has 2 aromatic rings. The summed E-state index contributed by atoms with van der Waals surface area (Å²) in [7, 11) is 0. The zero-order valence-corrected chi connectivity index (χ0v) is 15.2. The molecule has 0 fully saturated rings. The number of amides is 2. The first kappa shape index (κ1) is 18.1. The minimum absolute atomic E-state index is 0.374. The molecule has 1 aliphatic rings. The summed E-state index contributed by atoms with van der Waals surface area (Å²) in [6.45, 7) is 1.73. The lowest BCUT2D eigenvalue weighted by atomic mass is 9.88. The normalized spacial score (nSPS) is 15.8. The Morgan fingerprint density at radius 2 is 2.00 bits per heavy atom. The number of anilines is 1. The first-order chi connectivity index (χ1) is 12.5. The third-order valence-electron chi connectivity index (χ3n) is 4.35. The number of nitrogens with two attached hydrogens (primary N) is 1. The standard InChI is InChI=1S/C19H20N2O4S/c1-11-7-8-13-14(9-11)26-18(16(13)17(20)23)21-15(22)10-25-19(24)12-5-3-2-4-6-12/h2-6,11H,7-10H2,1H3,(H2,20,23)(H,21,22)/t11-/m0/s1. The summed E-state index contributed by atoms with van der Waals surface area (Å²) in [5, 5.41) is 3.11. The molecule has 1 aliphatic carbocycles. The van der Waals surface area contributed by atoms with Crippen LogP contribution in [0.4, 0.5) is 5.00 Å². The molecule has 136 valence electrons. The first-order valence-electron chi connectivity index (χ1n) is 8.42. The van der Waals surface area contributed by atoms with Crippen LogP contribution in [0.15, 0.2) is 30.3 Å². The average Bonchev–Trinajstić information content (AvgIpc) is 2.97. The molecule has 0 aliphatic heterocycles. The SMILES string of the molecule is C[C@H]1CCc2c(sc(NC(=O)COC(=O)c3ccccc3)c2C(N)=O)C1. The minimum Gasteiger partial charge on any atom is -0.452 e. The van der Waals surface area contributed by atoms with Crippen LogP contribution in [0.3, 0.4) is 0 Å². The molecule has 2 amide bonds. The number of primary amides is 1. The summed E-state index contributed by atoms with van der Waals surface area (Å²) in [5.74, 6) is -1.08. The quantitative estimate of drug-likeness (QED) is 0.789. The fourth-order valence-corrected chi connectivity index (χ4v) is 4.48. The van der Waals surface area contributed by atoms with E-state index in [0.717, 1.165) is 29.7 Å². The highest BCUT2D eigenvalue weighted by atomic mass is 32.1. The van der Waals surface area contributed by atoms with Crippen molar-refractivity contribution in [2.75, 3.05) is 11.9 Å².